The summed E-state index contributed by atoms with van der Waals surface area (Å²) in [5.74, 6) is -0.336. The summed E-state index contributed by atoms with van der Waals surface area (Å²) < 4.78 is 25.1. The Bertz CT molecular complexity index is 734. The fourth-order valence-corrected chi connectivity index (χ4v) is 3.47. The van der Waals surface area contributed by atoms with Gasteiger partial charge in [-0.3, -0.25) is 13.9 Å². The average molecular weight is 394 g/mol. The molecule has 1 aliphatic heterocycles. The third-order valence-electron chi connectivity index (χ3n) is 3.69. The standard InChI is InChI=1S/C14H17Cl2N3O4S/c1-24(22,23)19(11-2-3-12(15)13(16)8-11)9-14(21)18-6-4-17(10-20)5-7-18/h2-3,8,10H,4-7,9H2,1H3. The van der Waals surface area contributed by atoms with E-state index in [0.29, 0.717) is 31.2 Å². The Labute approximate surface area is 150 Å². The molecule has 2 amide bonds. The van der Waals surface area contributed by atoms with E-state index >= 15 is 0 Å². The second-order valence-electron chi connectivity index (χ2n) is 5.39. The SMILES string of the molecule is CS(=O)(=O)N(CC(=O)N1CCN(C=O)CC1)c1ccc(Cl)c(Cl)c1. The molecular weight excluding hydrogens is 377 g/mol. The Balaban J connectivity index is 2.16. The van der Waals surface area contributed by atoms with Gasteiger partial charge in [0, 0.05) is 26.2 Å². The molecule has 2 rings (SSSR count). The zero-order valence-electron chi connectivity index (χ0n) is 13.0. The predicted octanol–water partition coefficient (Wildman–Crippen LogP) is 1.06. The van der Waals surface area contributed by atoms with E-state index in [2.05, 4.69) is 0 Å². The minimum absolute atomic E-state index is 0.204. The van der Waals surface area contributed by atoms with Crippen LogP contribution in [0, 0.1) is 0 Å². The van der Waals surface area contributed by atoms with Gasteiger partial charge >= 0.3 is 0 Å². The number of amides is 2. The highest BCUT2D eigenvalue weighted by Crippen LogP contribution is 2.28. The van der Waals surface area contributed by atoms with Crippen LogP contribution in [0.25, 0.3) is 0 Å². The summed E-state index contributed by atoms with van der Waals surface area (Å²) in [7, 11) is -3.68. The van der Waals surface area contributed by atoms with Gasteiger partial charge < -0.3 is 9.80 Å². The second kappa shape index (κ2) is 7.58. The van der Waals surface area contributed by atoms with Crippen molar-refractivity contribution < 1.29 is 18.0 Å². The fourth-order valence-electron chi connectivity index (χ4n) is 2.34. The molecule has 0 N–H and O–H groups in total. The van der Waals surface area contributed by atoms with Crippen LogP contribution in [0.1, 0.15) is 0 Å². The van der Waals surface area contributed by atoms with Crippen molar-refractivity contribution in [2.45, 2.75) is 0 Å². The molecule has 24 heavy (non-hydrogen) atoms. The first kappa shape index (κ1) is 18.8. The van der Waals surface area contributed by atoms with Crippen molar-refractivity contribution in [3.05, 3.63) is 28.2 Å². The largest absolute Gasteiger partial charge is 0.342 e. The number of benzene rings is 1. The van der Waals surface area contributed by atoms with Crippen LogP contribution in [0.3, 0.4) is 0 Å². The molecule has 0 aliphatic carbocycles. The predicted molar refractivity (Wildman–Crippen MR) is 92.9 cm³/mol. The Morgan fingerprint density at radius 1 is 1.21 bits per heavy atom. The quantitative estimate of drug-likeness (QED) is 0.700. The molecule has 1 fully saturated rings. The lowest BCUT2D eigenvalue weighted by atomic mass is 10.3. The summed E-state index contributed by atoms with van der Waals surface area (Å²) in [5, 5.41) is 0.500. The molecule has 0 saturated carbocycles. The van der Waals surface area contributed by atoms with Crippen molar-refractivity contribution in [1.82, 2.24) is 9.80 Å². The van der Waals surface area contributed by atoms with Crippen LogP contribution in [0.4, 0.5) is 5.69 Å². The van der Waals surface area contributed by atoms with E-state index in [0.717, 1.165) is 17.0 Å². The number of hydrogen-bond donors (Lipinski definition) is 0. The Hall–Kier alpha value is -1.51. The van der Waals surface area contributed by atoms with Crippen LogP contribution < -0.4 is 4.31 Å². The van der Waals surface area contributed by atoms with Crippen LogP contribution in [0.2, 0.25) is 10.0 Å². The third-order valence-corrected chi connectivity index (χ3v) is 5.57. The lowest BCUT2D eigenvalue weighted by molar-refractivity contribution is -0.133. The van der Waals surface area contributed by atoms with Gasteiger partial charge in [0.25, 0.3) is 0 Å². The molecule has 1 aromatic carbocycles. The van der Waals surface area contributed by atoms with Crippen molar-refractivity contribution in [3.8, 4) is 0 Å². The Morgan fingerprint density at radius 2 is 1.83 bits per heavy atom. The van der Waals surface area contributed by atoms with Crippen molar-refractivity contribution in [1.29, 1.82) is 0 Å². The topological polar surface area (TPSA) is 78.0 Å². The molecule has 1 saturated heterocycles. The molecule has 0 aromatic heterocycles. The van der Waals surface area contributed by atoms with Gasteiger partial charge in [-0.05, 0) is 18.2 Å². The number of carbonyl (C=O) groups excluding carboxylic acids is 2. The smallest absolute Gasteiger partial charge is 0.243 e. The number of rotatable bonds is 5. The van der Waals surface area contributed by atoms with Crippen molar-refractivity contribution in [2.75, 3.05) is 43.3 Å². The molecule has 0 atom stereocenters. The van der Waals surface area contributed by atoms with Gasteiger partial charge in [0.05, 0.1) is 22.0 Å². The zero-order chi connectivity index (χ0) is 17.9. The van der Waals surface area contributed by atoms with Gasteiger partial charge in [0.15, 0.2) is 0 Å². The zero-order valence-corrected chi connectivity index (χ0v) is 15.3. The van der Waals surface area contributed by atoms with E-state index < -0.39 is 10.0 Å². The van der Waals surface area contributed by atoms with E-state index in [-0.39, 0.29) is 23.2 Å². The maximum Gasteiger partial charge on any atom is 0.243 e. The third kappa shape index (κ3) is 4.52. The monoisotopic (exact) mass is 393 g/mol. The van der Waals surface area contributed by atoms with Gasteiger partial charge in [-0.2, -0.15) is 0 Å². The average Bonchev–Trinajstić information content (AvgIpc) is 2.54. The summed E-state index contributed by atoms with van der Waals surface area (Å²) in [5.41, 5.74) is 0.270. The van der Waals surface area contributed by atoms with Crippen molar-refractivity contribution in [2.24, 2.45) is 0 Å². The van der Waals surface area contributed by atoms with E-state index in [4.69, 9.17) is 23.2 Å². The van der Waals surface area contributed by atoms with Gasteiger partial charge in [-0.15, -0.1) is 0 Å². The van der Waals surface area contributed by atoms with Crippen LogP contribution >= 0.6 is 23.2 Å². The number of nitrogens with zero attached hydrogens (tertiary/aromatic N) is 3. The number of sulfonamides is 1. The number of halogens is 2. The Kier molecular flexibility index (Phi) is 5.95. The lowest BCUT2D eigenvalue weighted by Crippen LogP contribution is -2.51. The van der Waals surface area contributed by atoms with Crippen LogP contribution in [-0.2, 0) is 19.6 Å². The first-order valence-corrected chi connectivity index (χ1v) is 9.72. The van der Waals surface area contributed by atoms with Crippen LogP contribution in [-0.4, -0.2) is 69.5 Å². The highest BCUT2D eigenvalue weighted by Gasteiger charge is 2.26. The van der Waals surface area contributed by atoms with Crippen LogP contribution in [0.15, 0.2) is 18.2 Å². The summed E-state index contributed by atoms with van der Waals surface area (Å²) >= 11 is 11.8. The number of carbonyl (C=O) groups is 2. The summed E-state index contributed by atoms with van der Waals surface area (Å²) in [6.07, 6.45) is 1.76. The maximum absolute atomic E-state index is 12.4. The van der Waals surface area contributed by atoms with E-state index in [1.54, 1.807) is 4.90 Å². The molecule has 0 bridgehead atoms. The normalized spacial score (nSPS) is 15.3. The summed E-state index contributed by atoms with van der Waals surface area (Å²) in [4.78, 5) is 26.2. The van der Waals surface area contributed by atoms with Gasteiger partial charge in [0.2, 0.25) is 22.3 Å². The van der Waals surface area contributed by atoms with Crippen molar-refractivity contribution >= 4 is 51.2 Å². The van der Waals surface area contributed by atoms with E-state index in [1.165, 1.54) is 23.1 Å². The van der Waals surface area contributed by atoms with Gasteiger partial charge in [-0.1, -0.05) is 23.2 Å². The number of hydrogen-bond acceptors (Lipinski definition) is 4. The molecule has 1 aromatic rings. The molecule has 1 aliphatic rings. The molecule has 7 nitrogen and oxygen atoms in total. The fraction of sp³-hybridized carbons (Fsp3) is 0.429. The molecule has 1 heterocycles. The molecule has 0 spiro atoms. The highest BCUT2D eigenvalue weighted by atomic mass is 35.5. The highest BCUT2D eigenvalue weighted by molar-refractivity contribution is 7.92. The maximum atomic E-state index is 12.4. The second-order valence-corrected chi connectivity index (χ2v) is 8.11. The van der Waals surface area contributed by atoms with Gasteiger partial charge in [0.1, 0.15) is 6.54 Å². The minimum Gasteiger partial charge on any atom is -0.342 e. The van der Waals surface area contributed by atoms with Crippen molar-refractivity contribution in [3.63, 3.8) is 0 Å². The number of anilines is 1. The molecular formula is C14H17Cl2N3O4S. The first-order chi connectivity index (χ1) is 11.2. The molecule has 132 valence electrons. The van der Waals surface area contributed by atoms with Crippen LogP contribution in [0.5, 0.6) is 0 Å². The van der Waals surface area contributed by atoms with E-state index in [9.17, 15) is 18.0 Å². The lowest BCUT2D eigenvalue weighted by Gasteiger charge is -2.34. The summed E-state index contributed by atoms with van der Waals surface area (Å²) in [6.45, 7) is 1.27. The molecule has 0 radical (unpaired) electrons. The van der Waals surface area contributed by atoms with Gasteiger partial charge in [-0.25, -0.2) is 8.42 Å². The first-order valence-electron chi connectivity index (χ1n) is 7.12. The Morgan fingerprint density at radius 3 is 2.33 bits per heavy atom. The minimum atomic E-state index is -3.68. The molecule has 0 unspecified atom stereocenters. The molecule has 10 heteroatoms. The van der Waals surface area contributed by atoms with E-state index in [1.807, 2.05) is 0 Å². The summed E-state index contributed by atoms with van der Waals surface area (Å²) in [6, 6.07) is 4.38. The number of piperazine rings is 1.